The highest BCUT2D eigenvalue weighted by Crippen LogP contribution is 2.36. The molecule has 5 N–H and O–H groups in total. The van der Waals surface area contributed by atoms with Crippen LogP contribution < -0.4 is 11.0 Å². The van der Waals surface area contributed by atoms with Crippen LogP contribution in [0.3, 0.4) is 0 Å². The van der Waals surface area contributed by atoms with Crippen molar-refractivity contribution in [2.75, 3.05) is 5.73 Å². The van der Waals surface area contributed by atoms with E-state index < -0.39 is 24.6 Å². The average Bonchev–Trinajstić information content (AvgIpc) is 2.01. The van der Waals surface area contributed by atoms with Gasteiger partial charge in [-0.2, -0.15) is 0 Å². The van der Waals surface area contributed by atoms with E-state index in [0.717, 1.165) is 6.07 Å². The van der Waals surface area contributed by atoms with E-state index in [9.17, 15) is 9.36 Å². The largest absolute Gasteiger partial charge is 0.478 e. The number of nitrogens with two attached hydrogens (primary N) is 1. The number of nitrogen functional groups attached to an aromatic ring is 1. The van der Waals surface area contributed by atoms with Crippen molar-refractivity contribution in [3.63, 3.8) is 0 Å². The predicted octanol–water partition coefficient (Wildman–Crippen LogP) is -0.230. The van der Waals surface area contributed by atoms with Crippen LogP contribution in [-0.2, 0) is 4.57 Å². The molecule has 0 spiro atoms. The predicted molar refractivity (Wildman–Crippen MR) is 49.5 cm³/mol. The van der Waals surface area contributed by atoms with Crippen LogP contribution in [0.5, 0.6) is 0 Å². The third-order valence-corrected chi connectivity index (χ3v) is 2.64. The van der Waals surface area contributed by atoms with Gasteiger partial charge >= 0.3 is 13.6 Å². The van der Waals surface area contributed by atoms with Gasteiger partial charge < -0.3 is 20.6 Å². The fourth-order valence-electron chi connectivity index (χ4n) is 0.994. The SMILES string of the molecule is Nc1c(C(=O)O)cccc1P(=O)(O)O. The zero-order valence-corrected chi connectivity index (χ0v) is 7.81. The quantitative estimate of drug-likeness (QED) is 0.401. The van der Waals surface area contributed by atoms with Crippen molar-refractivity contribution in [2.24, 2.45) is 0 Å². The Balaban J connectivity index is 3.43. The van der Waals surface area contributed by atoms with Crippen LogP contribution in [0.1, 0.15) is 10.4 Å². The summed E-state index contributed by atoms with van der Waals surface area (Å²) in [5.41, 5.74) is 4.59. The number of carboxylic acids is 1. The van der Waals surface area contributed by atoms with Gasteiger partial charge in [0.15, 0.2) is 0 Å². The molecule has 14 heavy (non-hydrogen) atoms. The summed E-state index contributed by atoms with van der Waals surface area (Å²) in [6, 6.07) is 3.51. The second-order valence-corrected chi connectivity index (χ2v) is 4.16. The van der Waals surface area contributed by atoms with E-state index in [1.807, 2.05) is 0 Å². The molecule has 0 aromatic heterocycles. The molecule has 0 aliphatic heterocycles. The Bertz CT molecular complexity index is 424. The molecular weight excluding hydrogens is 209 g/mol. The number of benzene rings is 1. The standard InChI is InChI=1S/C7H8NO5P/c8-6-4(7(9)10)2-1-3-5(6)14(11,12)13/h1-3H,8H2,(H,9,10)(H2,11,12,13). The fraction of sp³-hybridized carbons (Fsp3) is 0. The molecule has 0 heterocycles. The molecule has 0 unspecified atom stereocenters. The maximum Gasteiger partial charge on any atom is 0.358 e. The summed E-state index contributed by atoms with van der Waals surface area (Å²) < 4.78 is 10.9. The molecule has 0 aliphatic carbocycles. The molecule has 0 aliphatic rings. The van der Waals surface area contributed by atoms with Crippen LogP contribution in [-0.4, -0.2) is 20.9 Å². The van der Waals surface area contributed by atoms with Gasteiger partial charge in [-0.15, -0.1) is 0 Å². The molecule has 0 atom stereocenters. The summed E-state index contributed by atoms with van der Waals surface area (Å²) in [4.78, 5) is 28.2. The van der Waals surface area contributed by atoms with Crippen molar-refractivity contribution >= 4 is 24.6 Å². The fourth-order valence-corrected chi connectivity index (χ4v) is 1.71. The van der Waals surface area contributed by atoms with Crippen molar-refractivity contribution < 1.29 is 24.3 Å². The molecule has 1 aromatic carbocycles. The monoisotopic (exact) mass is 217 g/mol. The van der Waals surface area contributed by atoms with Crippen LogP contribution in [0, 0.1) is 0 Å². The van der Waals surface area contributed by atoms with E-state index in [0.29, 0.717) is 0 Å². The van der Waals surface area contributed by atoms with Gasteiger partial charge in [0, 0.05) is 0 Å². The average molecular weight is 217 g/mol. The topological polar surface area (TPSA) is 121 Å². The molecule has 1 aromatic rings. The van der Waals surface area contributed by atoms with Gasteiger partial charge in [-0.1, -0.05) is 6.07 Å². The van der Waals surface area contributed by atoms with Crippen LogP contribution in [0.25, 0.3) is 0 Å². The number of carbonyl (C=O) groups is 1. The number of hydrogen-bond acceptors (Lipinski definition) is 3. The Labute approximate surface area is 79.1 Å². The number of rotatable bonds is 2. The first-order valence-electron chi connectivity index (χ1n) is 3.52. The lowest BCUT2D eigenvalue weighted by Gasteiger charge is -2.08. The van der Waals surface area contributed by atoms with Crippen LogP contribution in [0.4, 0.5) is 5.69 Å². The number of carboxylic acid groups (broad SMARTS) is 1. The number of hydrogen-bond donors (Lipinski definition) is 4. The Morgan fingerprint density at radius 2 is 1.93 bits per heavy atom. The minimum atomic E-state index is -4.51. The van der Waals surface area contributed by atoms with Gasteiger partial charge in [0.2, 0.25) is 0 Å². The zero-order valence-electron chi connectivity index (χ0n) is 6.91. The van der Waals surface area contributed by atoms with Gasteiger partial charge in [-0.3, -0.25) is 4.57 Å². The summed E-state index contributed by atoms with van der Waals surface area (Å²) in [5, 5.41) is 8.16. The summed E-state index contributed by atoms with van der Waals surface area (Å²) in [6.45, 7) is 0. The normalized spacial score (nSPS) is 11.3. The van der Waals surface area contributed by atoms with E-state index in [1.54, 1.807) is 0 Å². The first kappa shape index (κ1) is 10.7. The zero-order chi connectivity index (χ0) is 10.9. The van der Waals surface area contributed by atoms with E-state index in [2.05, 4.69) is 0 Å². The van der Waals surface area contributed by atoms with Crippen LogP contribution >= 0.6 is 7.60 Å². The molecule has 7 heteroatoms. The maximum absolute atomic E-state index is 10.9. The molecule has 0 bridgehead atoms. The maximum atomic E-state index is 10.9. The lowest BCUT2D eigenvalue weighted by Crippen LogP contribution is -2.15. The Morgan fingerprint density at radius 1 is 1.36 bits per heavy atom. The highest BCUT2D eigenvalue weighted by Gasteiger charge is 2.23. The summed E-state index contributed by atoms with van der Waals surface area (Å²) in [7, 11) is -4.51. The summed E-state index contributed by atoms with van der Waals surface area (Å²) in [5.74, 6) is -1.32. The lowest BCUT2D eigenvalue weighted by atomic mass is 10.2. The van der Waals surface area contributed by atoms with Crippen LogP contribution in [0.15, 0.2) is 18.2 Å². The smallest absolute Gasteiger partial charge is 0.358 e. The van der Waals surface area contributed by atoms with Crippen LogP contribution in [0.2, 0.25) is 0 Å². The third kappa shape index (κ3) is 1.93. The molecular formula is C7H8NO5P. The highest BCUT2D eigenvalue weighted by atomic mass is 31.2. The number of anilines is 1. The Morgan fingerprint density at radius 3 is 2.36 bits per heavy atom. The van der Waals surface area contributed by atoms with Gasteiger partial charge in [-0.25, -0.2) is 4.79 Å². The second kappa shape index (κ2) is 3.42. The molecule has 6 nitrogen and oxygen atoms in total. The van der Waals surface area contributed by atoms with E-state index in [-0.39, 0.29) is 5.56 Å². The van der Waals surface area contributed by atoms with Gasteiger partial charge in [0.25, 0.3) is 0 Å². The van der Waals surface area contributed by atoms with Gasteiger partial charge in [0.1, 0.15) is 0 Å². The van der Waals surface area contributed by atoms with Gasteiger partial charge in [-0.05, 0) is 12.1 Å². The van der Waals surface area contributed by atoms with Crippen molar-refractivity contribution in [3.05, 3.63) is 23.8 Å². The lowest BCUT2D eigenvalue weighted by molar-refractivity contribution is 0.0698. The molecule has 0 radical (unpaired) electrons. The van der Waals surface area contributed by atoms with Gasteiger partial charge in [0.05, 0.1) is 16.6 Å². The van der Waals surface area contributed by atoms with Crippen molar-refractivity contribution in [1.29, 1.82) is 0 Å². The summed E-state index contributed by atoms with van der Waals surface area (Å²) >= 11 is 0. The van der Waals surface area contributed by atoms with Crippen molar-refractivity contribution in [3.8, 4) is 0 Å². The van der Waals surface area contributed by atoms with E-state index >= 15 is 0 Å². The highest BCUT2D eigenvalue weighted by molar-refractivity contribution is 7.60. The summed E-state index contributed by atoms with van der Waals surface area (Å²) in [6.07, 6.45) is 0. The van der Waals surface area contributed by atoms with Crippen molar-refractivity contribution in [2.45, 2.75) is 0 Å². The molecule has 0 saturated carbocycles. The first-order chi connectivity index (χ1) is 6.34. The Hall–Kier alpha value is -1.36. The molecule has 76 valence electrons. The second-order valence-electron chi connectivity index (χ2n) is 2.59. The van der Waals surface area contributed by atoms with Crippen molar-refractivity contribution in [1.82, 2.24) is 0 Å². The first-order valence-corrected chi connectivity index (χ1v) is 5.13. The third-order valence-electron chi connectivity index (χ3n) is 1.63. The van der Waals surface area contributed by atoms with E-state index in [4.69, 9.17) is 20.6 Å². The minimum absolute atomic E-state index is 0.314. The minimum Gasteiger partial charge on any atom is -0.478 e. The molecule has 0 saturated heterocycles. The Kier molecular flexibility index (Phi) is 2.62. The molecule has 1 rings (SSSR count). The molecule has 0 amide bonds. The van der Waals surface area contributed by atoms with E-state index in [1.165, 1.54) is 12.1 Å². The molecule has 0 fully saturated rings. The number of aromatic carboxylic acids is 1. The number of para-hydroxylation sites is 1.